The summed E-state index contributed by atoms with van der Waals surface area (Å²) in [5.74, 6) is 6.34. The third-order valence-corrected chi connectivity index (χ3v) is 2.87. The smallest absolute Gasteiger partial charge is 0.251 e. The van der Waals surface area contributed by atoms with Crippen molar-refractivity contribution < 1.29 is 4.79 Å². The molecule has 5 heteroatoms. The summed E-state index contributed by atoms with van der Waals surface area (Å²) in [4.78, 5) is 19.2. The van der Waals surface area contributed by atoms with Gasteiger partial charge in [0.05, 0.1) is 13.1 Å². The number of nitrogens with one attached hydrogen (secondary N) is 2. The average molecular weight is 268 g/mol. The standard InChI is InChI=1S/C15H16N4O/c1-11-12(5-3-7-16)4-2-6-13(11)15(20)19-10-14-17-8-9-18-14/h2,4,6,8-9H,7,10,16H2,1H3,(H,17,18)(H,19,20). The van der Waals surface area contributed by atoms with E-state index in [-0.39, 0.29) is 5.91 Å². The van der Waals surface area contributed by atoms with Crippen LogP contribution in [0.15, 0.2) is 30.6 Å². The zero-order valence-electron chi connectivity index (χ0n) is 11.2. The molecule has 2 aromatic rings. The van der Waals surface area contributed by atoms with E-state index >= 15 is 0 Å². The Morgan fingerprint density at radius 1 is 1.50 bits per heavy atom. The number of benzene rings is 1. The van der Waals surface area contributed by atoms with Crippen molar-refractivity contribution in [2.75, 3.05) is 6.54 Å². The predicted octanol–water partition coefficient (Wildman–Crippen LogP) is 0.958. The van der Waals surface area contributed by atoms with Crippen LogP contribution in [-0.2, 0) is 6.54 Å². The maximum Gasteiger partial charge on any atom is 0.251 e. The van der Waals surface area contributed by atoms with E-state index in [1.54, 1.807) is 18.5 Å². The Morgan fingerprint density at radius 3 is 3.05 bits per heavy atom. The summed E-state index contributed by atoms with van der Waals surface area (Å²) in [7, 11) is 0. The van der Waals surface area contributed by atoms with Crippen LogP contribution in [0, 0.1) is 18.8 Å². The monoisotopic (exact) mass is 268 g/mol. The zero-order valence-corrected chi connectivity index (χ0v) is 11.2. The molecule has 0 aliphatic heterocycles. The summed E-state index contributed by atoms with van der Waals surface area (Å²) >= 11 is 0. The lowest BCUT2D eigenvalue weighted by atomic mass is 10.0. The van der Waals surface area contributed by atoms with Gasteiger partial charge in [0.1, 0.15) is 5.82 Å². The Morgan fingerprint density at radius 2 is 2.35 bits per heavy atom. The van der Waals surface area contributed by atoms with Gasteiger partial charge in [-0.3, -0.25) is 4.79 Å². The first-order valence-electron chi connectivity index (χ1n) is 6.27. The molecule has 0 bridgehead atoms. The van der Waals surface area contributed by atoms with Crippen molar-refractivity contribution in [3.8, 4) is 11.8 Å². The molecular weight excluding hydrogens is 252 g/mol. The Hall–Kier alpha value is -2.58. The van der Waals surface area contributed by atoms with Gasteiger partial charge >= 0.3 is 0 Å². The molecule has 0 aliphatic rings. The second-order valence-corrected chi connectivity index (χ2v) is 4.20. The highest BCUT2D eigenvalue weighted by atomic mass is 16.1. The quantitative estimate of drug-likeness (QED) is 0.725. The molecule has 2 rings (SSSR count). The van der Waals surface area contributed by atoms with E-state index < -0.39 is 0 Å². The van der Waals surface area contributed by atoms with Crippen LogP contribution in [0.4, 0.5) is 0 Å². The molecule has 4 N–H and O–H groups in total. The van der Waals surface area contributed by atoms with Crippen molar-refractivity contribution in [2.45, 2.75) is 13.5 Å². The number of rotatable bonds is 3. The van der Waals surface area contributed by atoms with Crippen LogP contribution in [0.3, 0.4) is 0 Å². The fraction of sp³-hybridized carbons (Fsp3) is 0.200. The highest BCUT2D eigenvalue weighted by Gasteiger charge is 2.10. The number of hydrogen-bond donors (Lipinski definition) is 3. The summed E-state index contributed by atoms with van der Waals surface area (Å²) in [5, 5.41) is 2.82. The van der Waals surface area contributed by atoms with E-state index in [1.807, 2.05) is 19.1 Å². The number of amides is 1. The summed E-state index contributed by atoms with van der Waals surface area (Å²) in [6, 6.07) is 5.47. The van der Waals surface area contributed by atoms with Crippen LogP contribution < -0.4 is 11.1 Å². The molecule has 1 amide bonds. The highest BCUT2D eigenvalue weighted by Crippen LogP contribution is 2.13. The summed E-state index contributed by atoms with van der Waals surface area (Å²) in [5.41, 5.74) is 7.65. The molecule has 1 heterocycles. The first-order valence-corrected chi connectivity index (χ1v) is 6.27. The molecule has 0 aliphatic carbocycles. The first kappa shape index (κ1) is 13.8. The van der Waals surface area contributed by atoms with Crippen molar-refractivity contribution in [3.05, 3.63) is 53.1 Å². The van der Waals surface area contributed by atoms with Crippen LogP contribution in [0.2, 0.25) is 0 Å². The zero-order chi connectivity index (χ0) is 14.4. The largest absolute Gasteiger partial charge is 0.347 e. The van der Waals surface area contributed by atoms with Gasteiger partial charge in [0.25, 0.3) is 5.91 Å². The third-order valence-electron chi connectivity index (χ3n) is 2.87. The van der Waals surface area contributed by atoms with Crippen LogP contribution in [0.5, 0.6) is 0 Å². The molecule has 1 aromatic heterocycles. The summed E-state index contributed by atoms with van der Waals surface area (Å²) in [6.45, 7) is 2.54. The minimum absolute atomic E-state index is 0.143. The van der Waals surface area contributed by atoms with Gasteiger partial charge in [-0.15, -0.1) is 0 Å². The number of H-pyrrole nitrogens is 1. The SMILES string of the molecule is Cc1c(C#CCN)cccc1C(=O)NCc1ncc[nH]1. The van der Waals surface area contributed by atoms with Crippen molar-refractivity contribution >= 4 is 5.91 Å². The molecular formula is C15H16N4O. The molecule has 0 spiro atoms. The van der Waals surface area contributed by atoms with Gasteiger partial charge in [-0.05, 0) is 24.6 Å². The fourth-order valence-corrected chi connectivity index (χ4v) is 1.82. The lowest BCUT2D eigenvalue weighted by Crippen LogP contribution is -2.24. The number of nitrogens with two attached hydrogens (primary N) is 1. The topological polar surface area (TPSA) is 83.8 Å². The van der Waals surface area contributed by atoms with E-state index in [0.29, 0.717) is 18.7 Å². The van der Waals surface area contributed by atoms with Gasteiger partial charge in [0.15, 0.2) is 0 Å². The molecule has 0 fully saturated rings. The van der Waals surface area contributed by atoms with Crippen LogP contribution in [-0.4, -0.2) is 22.4 Å². The van der Waals surface area contributed by atoms with Crippen LogP contribution in [0.1, 0.15) is 27.3 Å². The normalized spacial score (nSPS) is 9.70. The van der Waals surface area contributed by atoms with Crippen molar-refractivity contribution in [1.29, 1.82) is 0 Å². The number of nitrogens with zero attached hydrogens (tertiary/aromatic N) is 1. The Bertz CT molecular complexity index is 650. The Labute approximate surface area is 117 Å². The minimum atomic E-state index is -0.143. The predicted molar refractivity (Wildman–Crippen MR) is 76.9 cm³/mol. The number of hydrogen-bond acceptors (Lipinski definition) is 3. The third kappa shape index (κ3) is 3.25. The number of aromatic amines is 1. The lowest BCUT2D eigenvalue weighted by Gasteiger charge is -2.08. The van der Waals surface area contributed by atoms with Gasteiger partial charge in [0, 0.05) is 23.5 Å². The molecule has 0 unspecified atom stereocenters. The van der Waals surface area contributed by atoms with E-state index in [0.717, 1.165) is 17.0 Å². The van der Waals surface area contributed by atoms with Crippen LogP contribution in [0.25, 0.3) is 0 Å². The summed E-state index contributed by atoms with van der Waals surface area (Å²) in [6.07, 6.45) is 3.37. The number of carbonyl (C=O) groups excluding carboxylic acids is 1. The number of imidazole rings is 1. The molecule has 0 saturated carbocycles. The average Bonchev–Trinajstić information content (AvgIpc) is 2.97. The Balaban J connectivity index is 2.13. The molecule has 0 atom stereocenters. The van der Waals surface area contributed by atoms with E-state index in [2.05, 4.69) is 27.1 Å². The molecule has 20 heavy (non-hydrogen) atoms. The van der Waals surface area contributed by atoms with E-state index in [9.17, 15) is 4.79 Å². The molecule has 1 aromatic carbocycles. The number of carbonyl (C=O) groups is 1. The summed E-state index contributed by atoms with van der Waals surface area (Å²) < 4.78 is 0. The van der Waals surface area contributed by atoms with Crippen molar-refractivity contribution in [2.24, 2.45) is 5.73 Å². The molecule has 0 saturated heterocycles. The van der Waals surface area contributed by atoms with Gasteiger partial charge in [-0.25, -0.2) is 4.98 Å². The van der Waals surface area contributed by atoms with E-state index in [4.69, 9.17) is 5.73 Å². The highest BCUT2D eigenvalue weighted by molar-refractivity contribution is 5.96. The van der Waals surface area contributed by atoms with E-state index in [1.165, 1.54) is 0 Å². The fourth-order valence-electron chi connectivity index (χ4n) is 1.82. The molecule has 102 valence electrons. The maximum atomic E-state index is 12.2. The van der Waals surface area contributed by atoms with Crippen molar-refractivity contribution in [1.82, 2.24) is 15.3 Å². The first-order chi connectivity index (χ1) is 9.72. The molecule has 5 nitrogen and oxygen atoms in total. The minimum Gasteiger partial charge on any atom is -0.347 e. The van der Waals surface area contributed by atoms with Crippen LogP contribution >= 0.6 is 0 Å². The van der Waals surface area contributed by atoms with Gasteiger partial charge < -0.3 is 16.0 Å². The Kier molecular flexibility index (Phi) is 4.53. The molecule has 0 radical (unpaired) electrons. The second kappa shape index (κ2) is 6.55. The second-order valence-electron chi connectivity index (χ2n) is 4.20. The van der Waals surface area contributed by atoms with Gasteiger partial charge in [-0.2, -0.15) is 0 Å². The lowest BCUT2D eigenvalue weighted by molar-refractivity contribution is 0.0949. The van der Waals surface area contributed by atoms with Gasteiger partial charge in [-0.1, -0.05) is 17.9 Å². The van der Waals surface area contributed by atoms with Gasteiger partial charge in [0.2, 0.25) is 0 Å². The number of aromatic nitrogens is 2. The maximum absolute atomic E-state index is 12.2. The van der Waals surface area contributed by atoms with Crippen molar-refractivity contribution in [3.63, 3.8) is 0 Å².